The van der Waals surface area contributed by atoms with Crippen molar-refractivity contribution in [3.63, 3.8) is 0 Å². The molecule has 2 heterocycles. The predicted octanol–water partition coefficient (Wildman–Crippen LogP) is 2.65. The van der Waals surface area contributed by atoms with Gasteiger partial charge in [-0.05, 0) is 61.4 Å². The number of aromatic nitrogens is 1. The molecule has 2 atom stereocenters. The quantitative estimate of drug-likeness (QED) is 0.442. The fourth-order valence-electron chi connectivity index (χ4n) is 4.07. The Morgan fingerprint density at radius 3 is 2.82 bits per heavy atom. The number of nitrogens with one attached hydrogen (secondary N) is 1. The highest BCUT2D eigenvalue weighted by Gasteiger charge is 2.37. The molecule has 1 aliphatic rings. The van der Waals surface area contributed by atoms with Crippen LogP contribution in [0.25, 0.3) is 11.0 Å². The Hall–Kier alpha value is -3.20. The van der Waals surface area contributed by atoms with Gasteiger partial charge in [0.25, 0.3) is 5.91 Å². The number of benzene rings is 1. The Balaban J connectivity index is 1.21. The summed E-state index contributed by atoms with van der Waals surface area (Å²) in [6.07, 6.45) is 5.33. The number of hydrogen-bond acceptors (Lipinski definition) is 6. The van der Waals surface area contributed by atoms with Crippen LogP contribution in [-0.2, 0) is 21.9 Å². The zero-order chi connectivity index (χ0) is 23.4. The summed E-state index contributed by atoms with van der Waals surface area (Å²) in [5.74, 6) is 0.909. The lowest BCUT2D eigenvalue weighted by atomic mass is 10.1. The number of thiol groups is 1. The number of rotatable bonds is 10. The molecule has 1 saturated carbocycles. The number of hydrogen-bond donors (Lipinski definition) is 2. The van der Waals surface area contributed by atoms with E-state index in [-0.39, 0.29) is 28.9 Å². The summed E-state index contributed by atoms with van der Waals surface area (Å²) in [5, 5.41) is 3.78. The van der Waals surface area contributed by atoms with E-state index < -0.39 is 10.7 Å². The van der Waals surface area contributed by atoms with Crippen molar-refractivity contribution in [1.82, 2.24) is 15.2 Å². The first kappa shape index (κ1) is 23.0. The van der Waals surface area contributed by atoms with Gasteiger partial charge in [0, 0.05) is 31.2 Å². The van der Waals surface area contributed by atoms with Gasteiger partial charge in [0.15, 0.2) is 22.0 Å². The molecule has 1 aliphatic carbocycles. The van der Waals surface area contributed by atoms with Crippen molar-refractivity contribution in [3.05, 3.63) is 60.1 Å². The van der Waals surface area contributed by atoms with E-state index in [4.69, 9.17) is 4.42 Å². The molecule has 9 heteroatoms. The number of likely N-dealkylation sites (N-methyl/N-ethyl adjacent to an activating group) is 1. The molecule has 1 aromatic carbocycles. The molecule has 2 unspecified atom stereocenters. The number of carbonyl (C=O) groups excluding carboxylic acids is 2. The Bertz CT molecular complexity index is 1190. The Labute approximate surface area is 193 Å². The lowest BCUT2D eigenvalue weighted by Gasteiger charge is -2.21. The van der Waals surface area contributed by atoms with E-state index in [1.807, 2.05) is 6.92 Å². The summed E-state index contributed by atoms with van der Waals surface area (Å²) in [7, 11) is -2.66. The van der Waals surface area contributed by atoms with Crippen LogP contribution in [0.3, 0.4) is 0 Å². The van der Waals surface area contributed by atoms with E-state index >= 15 is 0 Å². The number of pyridine rings is 1. The number of fused-ring (bicyclic) bond motifs is 1. The molecule has 0 spiro atoms. The zero-order valence-electron chi connectivity index (χ0n) is 18.4. The van der Waals surface area contributed by atoms with E-state index in [1.165, 1.54) is 6.07 Å². The molecule has 33 heavy (non-hydrogen) atoms. The van der Waals surface area contributed by atoms with Crippen LogP contribution in [0.4, 0.5) is 0 Å². The smallest absolute Gasteiger partial charge is 0.287 e. The van der Waals surface area contributed by atoms with Crippen molar-refractivity contribution in [2.24, 2.45) is 11.8 Å². The Kier molecular flexibility index (Phi) is 7.08. The topological polar surface area (TPSA) is 110 Å². The van der Waals surface area contributed by atoms with Crippen LogP contribution in [-0.4, -0.2) is 49.8 Å². The van der Waals surface area contributed by atoms with Gasteiger partial charge in [-0.1, -0.05) is 12.1 Å². The van der Waals surface area contributed by atoms with E-state index in [0.717, 1.165) is 18.2 Å². The van der Waals surface area contributed by atoms with Crippen LogP contribution < -0.4 is 5.32 Å². The maximum absolute atomic E-state index is 12.7. The molecule has 8 nitrogen and oxygen atoms in total. The van der Waals surface area contributed by atoms with Gasteiger partial charge in [0.1, 0.15) is 0 Å². The average Bonchev–Trinajstić information content (AvgIpc) is 3.42. The molecule has 1 N–H and O–H groups in total. The second kappa shape index (κ2) is 10.2. The molecule has 0 bridgehead atoms. The third kappa shape index (κ3) is 5.78. The van der Waals surface area contributed by atoms with Crippen molar-refractivity contribution in [3.8, 4) is 0 Å². The van der Waals surface area contributed by atoms with Gasteiger partial charge in [0.2, 0.25) is 5.91 Å². The maximum atomic E-state index is 12.7. The van der Waals surface area contributed by atoms with Gasteiger partial charge in [-0.25, -0.2) is 8.42 Å². The third-order valence-corrected chi connectivity index (χ3v) is 6.82. The van der Waals surface area contributed by atoms with E-state index in [2.05, 4.69) is 10.3 Å². The van der Waals surface area contributed by atoms with E-state index in [0.29, 0.717) is 42.6 Å². The summed E-state index contributed by atoms with van der Waals surface area (Å²) < 4.78 is 27.9. The van der Waals surface area contributed by atoms with Crippen molar-refractivity contribution in [2.75, 3.05) is 19.6 Å². The zero-order valence-corrected chi connectivity index (χ0v) is 19.3. The van der Waals surface area contributed by atoms with Crippen molar-refractivity contribution in [2.45, 2.75) is 31.1 Å². The lowest BCUT2D eigenvalue weighted by Crippen LogP contribution is -2.33. The van der Waals surface area contributed by atoms with Crippen LogP contribution in [0.5, 0.6) is 0 Å². The Morgan fingerprint density at radius 1 is 1.21 bits per heavy atom. The number of nitrogens with zero attached hydrogens (tertiary/aromatic N) is 2. The highest BCUT2D eigenvalue weighted by molar-refractivity contribution is 7.72. The summed E-state index contributed by atoms with van der Waals surface area (Å²) in [6.45, 7) is 3.77. The van der Waals surface area contributed by atoms with Crippen LogP contribution in [0, 0.1) is 11.8 Å². The first-order valence-electron chi connectivity index (χ1n) is 11.1. The van der Waals surface area contributed by atoms with Gasteiger partial charge in [0.05, 0.1) is 17.5 Å². The molecule has 2 amide bonds. The largest absolute Gasteiger partial charge is 0.449 e. The minimum Gasteiger partial charge on any atom is -0.449 e. The second-order valence-corrected chi connectivity index (χ2v) is 9.39. The monoisotopic (exact) mass is 469 g/mol. The highest BCUT2D eigenvalue weighted by Crippen LogP contribution is 2.40. The van der Waals surface area contributed by atoms with Crippen molar-refractivity contribution in [1.29, 1.82) is 0 Å². The molecule has 2 aromatic heterocycles. The van der Waals surface area contributed by atoms with E-state index in [1.54, 1.807) is 47.6 Å². The molecule has 3 aromatic rings. The maximum Gasteiger partial charge on any atom is 0.287 e. The van der Waals surface area contributed by atoms with Gasteiger partial charge in [-0.15, -0.1) is 0 Å². The third-order valence-electron chi connectivity index (χ3n) is 6.12. The molecular weight excluding hydrogens is 442 g/mol. The predicted molar refractivity (Wildman–Crippen MR) is 124 cm³/mol. The van der Waals surface area contributed by atoms with Gasteiger partial charge >= 0.3 is 0 Å². The molecule has 4 rings (SSSR count). The minimum atomic E-state index is -2.66. The average molecular weight is 470 g/mol. The normalized spacial score (nSPS) is 17.3. The number of carbonyl (C=O) groups is 2. The summed E-state index contributed by atoms with van der Waals surface area (Å²) >= 11 is 0. The summed E-state index contributed by atoms with van der Waals surface area (Å²) in [6, 6.07) is 10.0. The van der Waals surface area contributed by atoms with E-state index in [9.17, 15) is 18.0 Å². The van der Waals surface area contributed by atoms with Gasteiger partial charge in [-0.2, -0.15) is 0 Å². The van der Waals surface area contributed by atoms with Crippen LogP contribution >= 0.6 is 0 Å². The number of furan rings is 1. The Morgan fingerprint density at radius 2 is 2.06 bits per heavy atom. The summed E-state index contributed by atoms with van der Waals surface area (Å²) in [5.41, 5.74) is 1.29. The molecule has 0 aliphatic heterocycles. The molecule has 0 radical (unpaired) electrons. The van der Waals surface area contributed by atoms with Gasteiger partial charge in [-0.3, -0.25) is 14.6 Å². The summed E-state index contributed by atoms with van der Waals surface area (Å²) in [4.78, 5) is 31.1. The molecular formula is C24H27N3O5S. The second-order valence-electron chi connectivity index (χ2n) is 8.36. The molecule has 0 saturated heterocycles. The first-order chi connectivity index (χ1) is 15.9. The SMILES string of the molecule is CCN(CCC1CC1CNC(=O)c1cc2ccncc2o1)C(=O)Cc1cccc([SH](=O)=O)c1. The molecule has 174 valence electrons. The fourth-order valence-corrected chi connectivity index (χ4v) is 4.55. The lowest BCUT2D eigenvalue weighted by molar-refractivity contribution is -0.130. The molecule has 1 fully saturated rings. The van der Waals surface area contributed by atoms with Crippen LogP contribution in [0.2, 0.25) is 0 Å². The standard InChI is InChI=1S/C24H27N3O5S/c1-2-27(23(28)11-16-4-3-5-20(10-16)33(30)31)9-7-17-12-19(17)14-26-24(29)21-13-18-6-8-25-15-22(18)32-21/h3-6,8,10,13,15,17,19,33H,2,7,9,11-12,14H2,1H3,(H,26,29). The van der Waals surface area contributed by atoms with Gasteiger partial charge < -0.3 is 14.6 Å². The number of amides is 2. The van der Waals surface area contributed by atoms with Crippen LogP contribution in [0.15, 0.2) is 58.1 Å². The first-order valence-corrected chi connectivity index (χ1v) is 12.2. The minimum absolute atomic E-state index is 0.0133. The van der Waals surface area contributed by atoms with Crippen molar-refractivity contribution < 1.29 is 22.4 Å². The van der Waals surface area contributed by atoms with Crippen LogP contribution in [0.1, 0.15) is 35.9 Å². The van der Waals surface area contributed by atoms with Crippen molar-refractivity contribution >= 4 is 33.5 Å². The highest BCUT2D eigenvalue weighted by atomic mass is 32.2. The fraction of sp³-hybridized carbons (Fsp3) is 0.375.